The average Bonchev–Trinajstić information content (AvgIpc) is 3.30. The van der Waals surface area contributed by atoms with E-state index in [1.807, 2.05) is 24.3 Å². The van der Waals surface area contributed by atoms with Gasteiger partial charge in [-0.25, -0.2) is 15.0 Å². The summed E-state index contributed by atoms with van der Waals surface area (Å²) in [6.07, 6.45) is 5.69. The van der Waals surface area contributed by atoms with Crippen molar-refractivity contribution in [2.75, 3.05) is 53.6 Å². The first-order valence-corrected chi connectivity index (χ1v) is 11.5. The topological polar surface area (TPSA) is 142 Å². The van der Waals surface area contributed by atoms with E-state index in [0.29, 0.717) is 35.5 Å². The van der Waals surface area contributed by atoms with Crippen LogP contribution in [0.4, 0.5) is 23.3 Å². The number of benzene rings is 1. The van der Waals surface area contributed by atoms with Gasteiger partial charge in [-0.1, -0.05) is 18.1 Å². The number of aromatic nitrogens is 5. The van der Waals surface area contributed by atoms with Crippen LogP contribution in [0, 0.1) is 11.8 Å². The molecule has 11 heteroatoms. The zero-order chi connectivity index (χ0) is 24.7. The number of rotatable bonds is 5. The lowest BCUT2D eigenvalue weighted by Crippen LogP contribution is -2.31. The SMILES string of the molecule is Nc1nnc(-c2ccccc2O)cc1N1CCCN(c2ccnc(C#CCNc3ncco3)n2)CC1. The minimum atomic E-state index is 0.153. The van der Waals surface area contributed by atoms with Crippen LogP contribution in [-0.2, 0) is 0 Å². The van der Waals surface area contributed by atoms with E-state index in [0.717, 1.165) is 44.1 Å². The summed E-state index contributed by atoms with van der Waals surface area (Å²) in [5.41, 5.74) is 8.20. The summed E-state index contributed by atoms with van der Waals surface area (Å²) in [6, 6.07) is 11.3. The van der Waals surface area contributed by atoms with E-state index >= 15 is 0 Å². The lowest BCUT2D eigenvalue weighted by Gasteiger charge is -2.25. The van der Waals surface area contributed by atoms with Gasteiger partial charge in [-0.2, -0.15) is 0 Å². The third kappa shape index (κ3) is 5.28. The van der Waals surface area contributed by atoms with E-state index in [1.165, 1.54) is 6.26 Å². The number of anilines is 4. The zero-order valence-corrected chi connectivity index (χ0v) is 19.5. The Morgan fingerprint density at radius 3 is 2.75 bits per heavy atom. The first-order valence-electron chi connectivity index (χ1n) is 11.5. The lowest BCUT2D eigenvalue weighted by atomic mass is 10.1. The van der Waals surface area contributed by atoms with Gasteiger partial charge in [0, 0.05) is 37.9 Å². The molecule has 1 aromatic carbocycles. The van der Waals surface area contributed by atoms with Gasteiger partial charge in [-0.3, -0.25) is 0 Å². The van der Waals surface area contributed by atoms with Crippen molar-refractivity contribution >= 4 is 23.3 Å². The number of nitrogen functional groups attached to an aromatic ring is 1. The van der Waals surface area contributed by atoms with Gasteiger partial charge in [0.2, 0.25) is 5.82 Å². The molecular weight excluding hydrogens is 458 g/mol. The Morgan fingerprint density at radius 1 is 1.03 bits per heavy atom. The second-order valence-corrected chi connectivity index (χ2v) is 8.08. The number of aromatic hydroxyl groups is 1. The number of oxazole rings is 1. The Hall–Kier alpha value is -4.85. The molecule has 1 aliphatic heterocycles. The largest absolute Gasteiger partial charge is 0.507 e. The lowest BCUT2D eigenvalue weighted by molar-refractivity contribution is 0.477. The van der Waals surface area contributed by atoms with Gasteiger partial charge < -0.3 is 30.4 Å². The van der Waals surface area contributed by atoms with E-state index < -0.39 is 0 Å². The number of hydrogen-bond donors (Lipinski definition) is 3. The molecule has 0 radical (unpaired) electrons. The Bertz CT molecular complexity index is 1380. The highest BCUT2D eigenvalue weighted by molar-refractivity contribution is 5.74. The summed E-state index contributed by atoms with van der Waals surface area (Å²) < 4.78 is 5.12. The van der Waals surface area contributed by atoms with Crippen LogP contribution >= 0.6 is 0 Å². The molecule has 36 heavy (non-hydrogen) atoms. The maximum atomic E-state index is 10.2. The van der Waals surface area contributed by atoms with Gasteiger partial charge in [0.05, 0.1) is 24.1 Å². The minimum absolute atomic E-state index is 0.153. The quantitative estimate of drug-likeness (QED) is 0.360. The molecule has 1 aliphatic rings. The number of hydrogen-bond acceptors (Lipinski definition) is 11. The first kappa shape index (κ1) is 22.9. The number of phenols is 1. The smallest absolute Gasteiger partial charge is 0.295 e. The van der Waals surface area contributed by atoms with Crippen LogP contribution in [-0.4, -0.2) is 63.0 Å². The van der Waals surface area contributed by atoms with Crippen LogP contribution in [0.25, 0.3) is 11.3 Å². The highest BCUT2D eigenvalue weighted by atomic mass is 16.4. The fraction of sp³-hybridized carbons (Fsp3) is 0.240. The fourth-order valence-corrected chi connectivity index (χ4v) is 3.99. The van der Waals surface area contributed by atoms with Crippen molar-refractivity contribution in [1.82, 2.24) is 25.1 Å². The van der Waals surface area contributed by atoms with Crippen molar-refractivity contribution in [2.45, 2.75) is 6.42 Å². The zero-order valence-electron chi connectivity index (χ0n) is 19.5. The van der Waals surface area contributed by atoms with Gasteiger partial charge in [0.1, 0.15) is 17.8 Å². The van der Waals surface area contributed by atoms with Crippen molar-refractivity contribution < 1.29 is 9.52 Å². The van der Waals surface area contributed by atoms with Crippen LogP contribution < -0.4 is 20.9 Å². The molecule has 11 nitrogen and oxygen atoms in total. The van der Waals surface area contributed by atoms with Gasteiger partial charge in [0.15, 0.2) is 5.82 Å². The minimum Gasteiger partial charge on any atom is -0.507 e. The Balaban J connectivity index is 1.27. The molecule has 0 amide bonds. The molecule has 0 aliphatic carbocycles. The van der Waals surface area contributed by atoms with E-state index in [-0.39, 0.29) is 5.75 Å². The predicted octanol–water partition coefficient (Wildman–Crippen LogP) is 2.39. The number of phenolic OH excluding ortho intramolecular Hbond substituents is 1. The monoisotopic (exact) mass is 483 g/mol. The number of para-hydroxylation sites is 1. The summed E-state index contributed by atoms with van der Waals surface area (Å²) in [7, 11) is 0. The summed E-state index contributed by atoms with van der Waals surface area (Å²) in [5.74, 6) is 7.76. The number of nitrogens with two attached hydrogens (primary N) is 1. The highest BCUT2D eigenvalue weighted by Crippen LogP contribution is 2.31. The Morgan fingerprint density at radius 2 is 1.89 bits per heavy atom. The van der Waals surface area contributed by atoms with Crippen molar-refractivity contribution in [3.8, 4) is 28.8 Å². The van der Waals surface area contributed by atoms with Crippen molar-refractivity contribution in [2.24, 2.45) is 0 Å². The van der Waals surface area contributed by atoms with Gasteiger partial charge >= 0.3 is 0 Å². The molecule has 4 aromatic rings. The summed E-state index contributed by atoms with van der Waals surface area (Å²) in [4.78, 5) is 17.3. The predicted molar refractivity (Wildman–Crippen MR) is 136 cm³/mol. The third-order valence-electron chi connectivity index (χ3n) is 5.74. The molecular formula is C25H25N9O2. The van der Waals surface area contributed by atoms with Crippen molar-refractivity contribution in [3.05, 3.63) is 60.9 Å². The van der Waals surface area contributed by atoms with Gasteiger partial charge in [-0.15, -0.1) is 10.2 Å². The van der Waals surface area contributed by atoms with Crippen LogP contribution in [0.3, 0.4) is 0 Å². The molecule has 4 N–H and O–H groups in total. The molecule has 0 saturated carbocycles. The Labute approximate surface area is 208 Å². The van der Waals surface area contributed by atoms with Gasteiger partial charge in [0.25, 0.3) is 6.01 Å². The van der Waals surface area contributed by atoms with E-state index in [1.54, 1.807) is 24.5 Å². The molecule has 182 valence electrons. The normalized spacial score (nSPS) is 13.6. The second-order valence-electron chi connectivity index (χ2n) is 8.08. The van der Waals surface area contributed by atoms with E-state index in [2.05, 4.69) is 52.1 Å². The van der Waals surface area contributed by atoms with Crippen molar-refractivity contribution in [1.29, 1.82) is 0 Å². The molecule has 0 atom stereocenters. The Kier molecular flexibility index (Phi) is 6.75. The summed E-state index contributed by atoms with van der Waals surface area (Å²) in [5, 5.41) is 21.5. The second kappa shape index (κ2) is 10.6. The molecule has 1 saturated heterocycles. The van der Waals surface area contributed by atoms with Crippen LogP contribution in [0.5, 0.6) is 5.75 Å². The molecule has 1 fully saturated rings. The summed E-state index contributed by atoms with van der Waals surface area (Å²) >= 11 is 0. The standard InChI is InChI=1S/C25H25N9O2/c26-24-20(17-19(31-32-24)18-5-1-2-6-21(18)35)33-12-4-13-34(15-14-33)23-8-10-27-22(30-23)7-3-9-28-25-29-11-16-36-25/h1-2,5-6,8,10-11,16-17,35H,4,9,12-15H2,(H2,26,32)(H,28,29). The number of nitrogens with one attached hydrogen (secondary N) is 1. The van der Waals surface area contributed by atoms with E-state index in [4.69, 9.17) is 10.2 Å². The van der Waals surface area contributed by atoms with Crippen LogP contribution in [0.1, 0.15) is 12.2 Å². The molecule has 3 aromatic heterocycles. The first-order chi connectivity index (χ1) is 17.7. The summed E-state index contributed by atoms with van der Waals surface area (Å²) in [6.45, 7) is 3.47. The maximum absolute atomic E-state index is 10.2. The number of nitrogens with zero attached hydrogens (tertiary/aromatic N) is 7. The third-order valence-corrected chi connectivity index (χ3v) is 5.74. The van der Waals surface area contributed by atoms with Crippen LogP contribution in [0.15, 0.2) is 59.5 Å². The van der Waals surface area contributed by atoms with Crippen LogP contribution in [0.2, 0.25) is 0 Å². The maximum Gasteiger partial charge on any atom is 0.295 e. The van der Waals surface area contributed by atoms with E-state index in [9.17, 15) is 5.11 Å². The van der Waals surface area contributed by atoms with Gasteiger partial charge in [-0.05, 0) is 36.6 Å². The molecule has 0 bridgehead atoms. The van der Waals surface area contributed by atoms with Crippen molar-refractivity contribution in [3.63, 3.8) is 0 Å². The molecule has 5 rings (SSSR count). The highest BCUT2D eigenvalue weighted by Gasteiger charge is 2.20. The molecule has 0 spiro atoms. The molecule has 0 unspecified atom stereocenters. The average molecular weight is 484 g/mol. The molecule has 4 heterocycles. The fourth-order valence-electron chi connectivity index (χ4n) is 3.99.